The molecule has 0 saturated carbocycles. The van der Waals surface area contributed by atoms with Crippen molar-refractivity contribution in [1.82, 2.24) is 14.5 Å². The largest absolute Gasteiger partial charge is 0.497 e. The van der Waals surface area contributed by atoms with E-state index in [-0.39, 0.29) is 0 Å². The normalized spacial score (nSPS) is 13.8. The first-order valence-corrected chi connectivity index (χ1v) is 11.4. The van der Waals surface area contributed by atoms with E-state index in [9.17, 15) is 0 Å². The zero-order chi connectivity index (χ0) is 21.9. The molecule has 3 heterocycles. The first-order chi connectivity index (χ1) is 15.7. The maximum atomic E-state index is 6.15. The fourth-order valence-corrected chi connectivity index (χ4v) is 4.73. The molecule has 6 nitrogen and oxygen atoms in total. The van der Waals surface area contributed by atoms with Crippen molar-refractivity contribution in [3.8, 4) is 33.5 Å². The van der Waals surface area contributed by atoms with Gasteiger partial charge in [0.05, 0.1) is 14.2 Å². The van der Waals surface area contributed by atoms with E-state index < -0.39 is 0 Å². The molecule has 2 aromatic carbocycles. The Labute approximate surface area is 191 Å². The van der Waals surface area contributed by atoms with Gasteiger partial charge in [-0.15, -0.1) is 11.3 Å². The van der Waals surface area contributed by atoms with Gasteiger partial charge in [-0.3, -0.25) is 9.47 Å². The topological polar surface area (TPSA) is 48.8 Å². The Kier molecular flexibility index (Phi) is 5.83. The van der Waals surface area contributed by atoms with Crippen LogP contribution in [-0.4, -0.2) is 41.8 Å². The fourth-order valence-electron chi connectivity index (χ4n) is 4.07. The van der Waals surface area contributed by atoms with E-state index in [0.29, 0.717) is 6.61 Å². The highest BCUT2D eigenvalue weighted by Gasteiger charge is 2.21. The lowest BCUT2D eigenvalue weighted by molar-refractivity contribution is 0.214. The number of aromatic nitrogens is 2. The van der Waals surface area contributed by atoms with Crippen LogP contribution in [0, 0.1) is 0 Å². The number of nitrogens with zero attached hydrogens (tertiary/aromatic N) is 3. The van der Waals surface area contributed by atoms with Crippen LogP contribution in [0.15, 0.2) is 66.3 Å². The van der Waals surface area contributed by atoms with Crippen LogP contribution in [0.3, 0.4) is 0 Å². The van der Waals surface area contributed by atoms with E-state index in [2.05, 4.69) is 51.0 Å². The molecule has 5 rings (SSSR count). The molecule has 0 atom stereocenters. The molecule has 2 aromatic heterocycles. The zero-order valence-corrected chi connectivity index (χ0v) is 19.0. The Morgan fingerprint density at radius 2 is 1.94 bits per heavy atom. The summed E-state index contributed by atoms with van der Waals surface area (Å²) >= 11 is 1.64. The SMILES string of the molecule is COc1ccc(-c2cc3c(c(OC)c2)OCCN(Cc2cccn2-c2nccs2)C3)cc1. The van der Waals surface area contributed by atoms with Crippen LogP contribution < -0.4 is 14.2 Å². The summed E-state index contributed by atoms with van der Waals surface area (Å²) in [6.07, 6.45) is 3.91. The summed E-state index contributed by atoms with van der Waals surface area (Å²) < 4.78 is 19.3. The second-order valence-electron chi connectivity index (χ2n) is 7.64. The van der Waals surface area contributed by atoms with Gasteiger partial charge in [-0.2, -0.15) is 0 Å². The number of methoxy groups -OCH3 is 2. The lowest BCUT2D eigenvalue weighted by atomic mass is 10.0. The highest BCUT2D eigenvalue weighted by Crippen LogP contribution is 2.39. The van der Waals surface area contributed by atoms with Crippen LogP contribution in [0.1, 0.15) is 11.3 Å². The molecule has 7 heteroatoms. The molecule has 0 saturated heterocycles. The van der Waals surface area contributed by atoms with E-state index in [1.165, 1.54) is 5.69 Å². The van der Waals surface area contributed by atoms with Crippen molar-refractivity contribution < 1.29 is 14.2 Å². The van der Waals surface area contributed by atoms with E-state index in [1.54, 1.807) is 25.6 Å². The van der Waals surface area contributed by atoms with Crippen molar-refractivity contribution in [2.45, 2.75) is 13.1 Å². The van der Waals surface area contributed by atoms with Gasteiger partial charge < -0.3 is 14.2 Å². The predicted molar refractivity (Wildman–Crippen MR) is 126 cm³/mol. The van der Waals surface area contributed by atoms with E-state index >= 15 is 0 Å². The maximum Gasteiger partial charge on any atom is 0.193 e. The van der Waals surface area contributed by atoms with Gasteiger partial charge in [0.1, 0.15) is 12.4 Å². The van der Waals surface area contributed by atoms with Gasteiger partial charge in [-0.1, -0.05) is 12.1 Å². The molecule has 0 fully saturated rings. The van der Waals surface area contributed by atoms with E-state index in [1.807, 2.05) is 29.8 Å². The van der Waals surface area contributed by atoms with E-state index in [0.717, 1.165) is 58.7 Å². The molecule has 0 amide bonds. The summed E-state index contributed by atoms with van der Waals surface area (Å²) in [5.41, 5.74) is 4.54. The molecule has 0 bridgehead atoms. The fraction of sp³-hybridized carbons (Fsp3) is 0.240. The minimum atomic E-state index is 0.614. The van der Waals surface area contributed by atoms with Crippen molar-refractivity contribution in [2.24, 2.45) is 0 Å². The number of ether oxygens (including phenoxy) is 3. The lowest BCUT2D eigenvalue weighted by Crippen LogP contribution is -2.26. The lowest BCUT2D eigenvalue weighted by Gasteiger charge is -2.20. The molecule has 0 unspecified atom stereocenters. The van der Waals surface area contributed by atoms with Gasteiger partial charge in [-0.25, -0.2) is 4.98 Å². The standard InChI is InChI=1S/C25H25N3O3S/c1-29-22-7-5-18(6-8-22)19-14-20-16-27(11-12-31-24(20)23(15-19)30-2)17-21-4-3-10-28(21)25-26-9-13-32-25/h3-10,13-15H,11-12,16-17H2,1-2H3. The van der Waals surface area contributed by atoms with Gasteiger partial charge in [0.2, 0.25) is 0 Å². The Morgan fingerprint density at radius 1 is 1.06 bits per heavy atom. The third-order valence-corrected chi connectivity index (χ3v) is 6.44. The quantitative estimate of drug-likeness (QED) is 0.416. The van der Waals surface area contributed by atoms with Gasteiger partial charge in [0.25, 0.3) is 0 Å². The second-order valence-corrected chi connectivity index (χ2v) is 8.51. The summed E-state index contributed by atoms with van der Waals surface area (Å²) in [5.74, 6) is 2.44. The molecule has 0 aliphatic carbocycles. The molecule has 1 aliphatic rings. The number of rotatable bonds is 6. The van der Waals surface area contributed by atoms with Crippen molar-refractivity contribution in [2.75, 3.05) is 27.4 Å². The minimum absolute atomic E-state index is 0.614. The Bertz CT molecular complexity index is 1190. The summed E-state index contributed by atoms with van der Waals surface area (Å²) in [5, 5.41) is 2.99. The van der Waals surface area contributed by atoms with Crippen LogP contribution >= 0.6 is 11.3 Å². The molecule has 0 radical (unpaired) electrons. The third-order valence-electron chi connectivity index (χ3n) is 5.67. The Balaban J connectivity index is 1.44. The summed E-state index contributed by atoms with van der Waals surface area (Å²) in [4.78, 5) is 6.87. The number of benzene rings is 2. The molecule has 0 spiro atoms. The summed E-state index contributed by atoms with van der Waals surface area (Å²) in [6, 6.07) is 16.6. The molecule has 0 N–H and O–H groups in total. The molecular formula is C25H25N3O3S. The Morgan fingerprint density at radius 3 is 2.69 bits per heavy atom. The first kappa shape index (κ1) is 20.6. The van der Waals surface area contributed by atoms with Gasteiger partial charge in [-0.05, 0) is 47.5 Å². The number of thiazole rings is 1. The number of fused-ring (bicyclic) bond motifs is 1. The highest BCUT2D eigenvalue weighted by molar-refractivity contribution is 7.12. The smallest absolute Gasteiger partial charge is 0.193 e. The zero-order valence-electron chi connectivity index (χ0n) is 18.2. The molecule has 32 heavy (non-hydrogen) atoms. The monoisotopic (exact) mass is 447 g/mol. The van der Waals surface area contributed by atoms with Crippen LogP contribution in [0.2, 0.25) is 0 Å². The average molecular weight is 448 g/mol. The minimum Gasteiger partial charge on any atom is -0.497 e. The predicted octanol–water partition coefficient (Wildman–Crippen LogP) is 5.01. The first-order valence-electron chi connectivity index (χ1n) is 10.5. The maximum absolute atomic E-state index is 6.15. The van der Waals surface area contributed by atoms with E-state index in [4.69, 9.17) is 14.2 Å². The van der Waals surface area contributed by atoms with Crippen molar-refractivity contribution >= 4 is 11.3 Å². The summed E-state index contributed by atoms with van der Waals surface area (Å²) in [6.45, 7) is 3.03. The molecule has 4 aromatic rings. The van der Waals surface area contributed by atoms with Crippen molar-refractivity contribution in [3.63, 3.8) is 0 Å². The number of hydrogen-bond acceptors (Lipinski definition) is 6. The number of hydrogen-bond donors (Lipinski definition) is 0. The second kappa shape index (κ2) is 9.06. The van der Waals surface area contributed by atoms with Crippen LogP contribution in [0.5, 0.6) is 17.2 Å². The average Bonchev–Trinajstić information content (AvgIpc) is 3.47. The van der Waals surface area contributed by atoms with Gasteiger partial charge in [0, 0.05) is 48.7 Å². The molecule has 164 valence electrons. The van der Waals surface area contributed by atoms with Crippen molar-refractivity contribution in [1.29, 1.82) is 0 Å². The highest BCUT2D eigenvalue weighted by atomic mass is 32.1. The van der Waals surface area contributed by atoms with Gasteiger partial charge in [0.15, 0.2) is 16.6 Å². The molecule has 1 aliphatic heterocycles. The van der Waals surface area contributed by atoms with Crippen LogP contribution in [-0.2, 0) is 13.1 Å². The van der Waals surface area contributed by atoms with Crippen molar-refractivity contribution in [3.05, 3.63) is 77.6 Å². The molecular weight excluding hydrogens is 422 g/mol. The van der Waals surface area contributed by atoms with Gasteiger partial charge >= 0.3 is 0 Å². The van der Waals surface area contributed by atoms with Crippen LogP contribution in [0.4, 0.5) is 0 Å². The Hall–Kier alpha value is -3.29. The third kappa shape index (κ3) is 4.09. The van der Waals surface area contributed by atoms with Crippen LogP contribution in [0.25, 0.3) is 16.3 Å². The summed E-state index contributed by atoms with van der Waals surface area (Å²) in [7, 11) is 3.37.